The van der Waals surface area contributed by atoms with Crippen LogP contribution in [0.15, 0.2) is 16.7 Å². The van der Waals surface area contributed by atoms with Gasteiger partial charge in [-0.15, -0.1) is 0 Å². The summed E-state index contributed by atoms with van der Waals surface area (Å²) in [5.41, 5.74) is 1.27. The Kier molecular flexibility index (Phi) is 6.78. The van der Waals surface area contributed by atoms with Gasteiger partial charge in [0.05, 0.1) is 12.8 Å². The molecule has 0 atom stereocenters. The van der Waals surface area contributed by atoms with Crippen LogP contribution in [0.2, 0.25) is 0 Å². The van der Waals surface area contributed by atoms with E-state index in [0.717, 1.165) is 31.3 Å². The molecule has 1 saturated heterocycles. The fraction of sp³-hybridized carbons (Fsp3) is 0.778. The Morgan fingerprint density at radius 2 is 2.10 bits per heavy atom. The van der Waals surface area contributed by atoms with Gasteiger partial charge < -0.3 is 9.73 Å². The number of nitrogens with zero attached hydrogens (tertiary/aromatic N) is 1. The summed E-state index contributed by atoms with van der Waals surface area (Å²) >= 11 is 0. The number of likely N-dealkylation sites (tertiary alicyclic amines) is 1. The lowest BCUT2D eigenvalue weighted by Crippen LogP contribution is -2.33. The number of furan rings is 1. The fourth-order valence-electron chi connectivity index (χ4n) is 3.17. The zero-order valence-corrected chi connectivity index (χ0v) is 14.0. The molecule has 0 saturated carbocycles. The van der Waals surface area contributed by atoms with Gasteiger partial charge >= 0.3 is 0 Å². The highest BCUT2D eigenvalue weighted by molar-refractivity contribution is 5.12. The van der Waals surface area contributed by atoms with Crippen molar-refractivity contribution in [3.63, 3.8) is 0 Å². The highest BCUT2D eigenvalue weighted by Gasteiger charge is 2.19. The maximum absolute atomic E-state index is 5.72. The Bertz CT molecular complexity index is 392. The first kappa shape index (κ1) is 16.6. The molecular weight excluding hydrogens is 260 g/mol. The van der Waals surface area contributed by atoms with E-state index in [1.54, 1.807) is 0 Å². The second-order valence-corrected chi connectivity index (χ2v) is 6.95. The fourth-order valence-corrected chi connectivity index (χ4v) is 3.17. The molecule has 1 N–H and O–H groups in total. The molecule has 1 aromatic heterocycles. The molecule has 3 heteroatoms. The van der Waals surface area contributed by atoms with Crippen LogP contribution in [0.1, 0.15) is 57.8 Å². The summed E-state index contributed by atoms with van der Waals surface area (Å²) in [6, 6.07) is 2.21. The first-order valence-electron chi connectivity index (χ1n) is 8.66. The lowest BCUT2D eigenvalue weighted by Gasteiger charge is -2.31. The van der Waals surface area contributed by atoms with Gasteiger partial charge in [-0.1, -0.05) is 33.6 Å². The van der Waals surface area contributed by atoms with E-state index in [2.05, 4.69) is 37.1 Å². The van der Waals surface area contributed by atoms with E-state index >= 15 is 0 Å². The van der Waals surface area contributed by atoms with E-state index in [9.17, 15) is 0 Å². The van der Waals surface area contributed by atoms with Crippen molar-refractivity contribution in [2.24, 2.45) is 11.8 Å². The van der Waals surface area contributed by atoms with Crippen LogP contribution in [0.25, 0.3) is 0 Å². The maximum Gasteiger partial charge on any atom is 0.118 e. The Balaban J connectivity index is 1.70. The second kappa shape index (κ2) is 8.60. The Morgan fingerprint density at radius 1 is 1.33 bits per heavy atom. The normalized spacial score (nSPS) is 17.7. The monoisotopic (exact) mass is 292 g/mol. The van der Waals surface area contributed by atoms with Crippen molar-refractivity contribution >= 4 is 0 Å². The number of hydrogen-bond acceptors (Lipinski definition) is 3. The first-order chi connectivity index (χ1) is 10.2. The molecule has 1 fully saturated rings. The van der Waals surface area contributed by atoms with E-state index in [0.29, 0.717) is 5.92 Å². The molecule has 1 aromatic rings. The topological polar surface area (TPSA) is 28.4 Å². The summed E-state index contributed by atoms with van der Waals surface area (Å²) in [6.07, 6.45) is 7.36. The number of piperidine rings is 1. The molecule has 21 heavy (non-hydrogen) atoms. The molecule has 120 valence electrons. The predicted molar refractivity (Wildman–Crippen MR) is 88.2 cm³/mol. The lowest BCUT2D eigenvalue weighted by atomic mass is 9.92. The third-order valence-electron chi connectivity index (χ3n) is 4.37. The highest BCUT2D eigenvalue weighted by Crippen LogP contribution is 2.23. The largest absolute Gasteiger partial charge is 0.468 e. The SMILES string of the molecule is CCCC1CCN(Cc2cc(CNCC(C)C)co2)CC1. The molecule has 1 aliphatic heterocycles. The van der Waals surface area contributed by atoms with E-state index < -0.39 is 0 Å². The molecule has 0 spiro atoms. The molecule has 1 aliphatic rings. The van der Waals surface area contributed by atoms with Gasteiger partial charge in [-0.25, -0.2) is 0 Å². The summed E-state index contributed by atoms with van der Waals surface area (Å²) in [7, 11) is 0. The minimum absolute atomic E-state index is 0.695. The van der Waals surface area contributed by atoms with E-state index in [1.165, 1.54) is 44.3 Å². The molecule has 2 heterocycles. The molecule has 0 aromatic carbocycles. The van der Waals surface area contributed by atoms with Crippen LogP contribution in [0, 0.1) is 11.8 Å². The minimum Gasteiger partial charge on any atom is -0.468 e. The van der Waals surface area contributed by atoms with Crippen molar-refractivity contribution in [2.45, 2.75) is 59.5 Å². The predicted octanol–water partition coefficient (Wildman–Crippen LogP) is 4.04. The first-order valence-corrected chi connectivity index (χ1v) is 8.66. The van der Waals surface area contributed by atoms with Crippen molar-refractivity contribution in [3.05, 3.63) is 23.7 Å². The van der Waals surface area contributed by atoms with Gasteiger partial charge in [0.25, 0.3) is 0 Å². The van der Waals surface area contributed by atoms with Crippen molar-refractivity contribution in [1.29, 1.82) is 0 Å². The van der Waals surface area contributed by atoms with Crippen LogP contribution in [0.3, 0.4) is 0 Å². The number of rotatable bonds is 8. The van der Waals surface area contributed by atoms with E-state index in [4.69, 9.17) is 4.42 Å². The molecule has 0 bridgehead atoms. The molecular formula is C18H32N2O. The zero-order valence-electron chi connectivity index (χ0n) is 14.0. The third-order valence-corrected chi connectivity index (χ3v) is 4.37. The van der Waals surface area contributed by atoms with Gasteiger partial charge in [0.2, 0.25) is 0 Å². The van der Waals surface area contributed by atoms with Crippen LogP contribution in [-0.2, 0) is 13.1 Å². The number of hydrogen-bond donors (Lipinski definition) is 1. The number of nitrogens with one attached hydrogen (secondary N) is 1. The molecule has 3 nitrogen and oxygen atoms in total. The minimum atomic E-state index is 0.695. The Morgan fingerprint density at radius 3 is 2.76 bits per heavy atom. The smallest absolute Gasteiger partial charge is 0.118 e. The van der Waals surface area contributed by atoms with Crippen molar-refractivity contribution in [3.8, 4) is 0 Å². The van der Waals surface area contributed by atoms with Crippen LogP contribution in [0.5, 0.6) is 0 Å². The van der Waals surface area contributed by atoms with Crippen LogP contribution in [0.4, 0.5) is 0 Å². The van der Waals surface area contributed by atoms with E-state index in [-0.39, 0.29) is 0 Å². The zero-order chi connectivity index (χ0) is 15.1. The molecule has 0 aliphatic carbocycles. The summed E-state index contributed by atoms with van der Waals surface area (Å²) in [5.74, 6) is 2.77. The van der Waals surface area contributed by atoms with Crippen LogP contribution in [-0.4, -0.2) is 24.5 Å². The van der Waals surface area contributed by atoms with Gasteiger partial charge in [0.15, 0.2) is 0 Å². The quantitative estimate of drug-likeness (QED) is 0.784. The Labute approximate surface area is 130 Å². The summed E-state index contributed by atoms with van der Waals surface area (Å²) in [6.45, 7) is 12.2. The van der Waals surface area contributed by atoms with Gasteiger partial charge in [0, 0.05) is 12.1 Å². The van der Waals surface area contributed by atoms with Gasteiger partial charge in [-0.05, 0) is 50.4 Å². The lowest BCUT2D eigenvalue weighted by molar-refractivity contribution is 0.161. The third kappa shape index (κ3) is 5.84. The standard InChI is InChI=1S/C18H32N2O/c1-4-5-16-6-8-20(9-7-16)13-18-10-17(14-21-18)12-19-11-15(2)3/h10,14-16,19H,4-9,11-13H2,1-3H3. The average molecular weight is 292 g/mol. The summed E-state index contributed by atoms with van der Waals surface area (Å²) in [5, 5.41) is 3.46. The maximum atomic E-state index is 5.72. The highest BCUT2D eigenvalue weighted by atomic mass is 16.3. The van der Waals surface area contributed by atoms with Gasteiger partial charge in [0.1, 0.15) is 5.76 Å². The molecule has 0 radical (unpaired) electrons. The van der Waals surface area contributed by atoms with Gasteiger partial charge in [-0.3, -0.25) is 4.90 Å². The second-order valence-electron chi connectivity index (χ2n) is 6.95. The van der Waals surface area contributed by atoms with Crippen LogP contribution >= 0.6 is 0 Å². The Hall–Kier alpha value is -0.800. The molecule has 0 amide bonds. The van der Waals surface area contributed by atoms with Crippen molar-refractivity contribution < 1.29 is 4.42 Å². The molecule has 2 rings (SSSR count). The van der Waals surface area contributed by atoms with Crippen LogP contribution < -0.4 is 5.32 Å². The van der Waals surface area contributed by atoms with Crippen molar-refractivity contribution in [1.82, 2.24) is 10.2 Å². The summed E-state index contributed by atoms with van der Waals surface area (Å²) in [4.78, 5) is 2.54. The van der Waals surface area contributed by atoms with E-state index in [1.807, 2.05) is 6.26 Å². The van der Waals surface area contributed by atoms with Crippen molar-refractivity contribution in [2.75, 3.05) is 19.6 Å². The summed E-state index contributed by atoms with van der Waals surface area (Å²) < 4.78 is 5.72. The van der Waals surface area contributed by atoms with Gasteiger partial charge in [-0.2, -0.15) is 0 Å². The molecule has 0 unspecified atom stereocenters. The average Bonchev–Trinajstić information content (AvgIpc) is 2.88.